The van der Waals surface area contributed by atoms with Gasteiger partial charge in [-0.2, -0.15) is 5.10 Å². The lowest BCUT2D eigenvalue weighted by molar-refractivity contribution is 0.769. The molecule has 0 unspecified atom stereocenters. The number of aromatic nitrogens is 4. The maximum atomic E-state index is 5.95. The number of fused-ring (bicyclic) bond motifs is 1. The van der Waals surface area contributed by atoms with Crippen LogP contribution in [0.1, 0.15) is 0 Å². The first-order valence-electron chi connectivity index (χ1n) is 4.98. The van der Waals surface area contributed by atoms with Gasteiger partial charge in [0.2, 0.25) is 0 Å². The molecule has 0 aliphatic rings. The molecule has 0 aliphatic carbocycles. The SMILES string of the molecule is Cn1ccc(-c2nc3cc(Cl)c(Cl)cc3[nH]2)n1. The van der Waals surface area contributed by atoms with Crippen molar-refractivity contribution in [3.8, 4) is 11.5 Å². The van der Waals surface area contributed by atoms with E-state index in [9.17, 15) is 0 Å². The molecule has 0 saturated heterocycles. The molecule has 86 valence electrons. The van der Waals surface area contributed by atoms with Crippen molar-refractivity contribution in [1.29, 1.82) is 0 Å². The van der Waals surface area contributed by atoms with Gasteiger partial charge >= 0.3 is 0 Å². The summed E-state index contributed by atoms with van der Waals surface area (Å²) in [6, 6.07) is 5.39. The van der Waals surface area contributed by atoms with Gasteiger partial charge in [-0.15, -0.1) is 0 Å². The van der Waals surface area contributed by atoms with Gasteiger partial charge in [0.25, 0.3) is 0 Å². The highest BCUT2D eigenvalue weighted by Crippen LogP contribution is 2.28. The average molecular weight is 267 g/mol. The second kappa shape index (κ2) is 3.75. The third-order valence-corrected chi connectivity index (χ3v) is 3.20. The molecule has 1 N–H and O–H groups in total. The lowest BCUT2D eigenvalue weighted by Crippen LogP contribution is -1.88. The zero-order chi connectivity index (χ0) is 12.0. The Morgan fingerprint density at radius 1 is 1.24 bits per heavy atom. The monoisotopic (exact) mass is 266 g/mol. The Morgan fingerprint density at radius 3 is 2.71 bits per heavy atom. The molecule has 0 amide bonds. The lowest BCUT2D eigenvalue weighted by Gasteiger charge is -1.93. The molecule has 0 aliphatic heterocycles. The summed E-state index contributed by atoms with van der Waals surface area (Å²) in [5.41, 5.74) is 2.41. The zero-order valence-electron chi connectivity index (χ0n) is 8.91. The molecule has 6 heteroatoms. The van der Waals surface area contributed by atoms with E-state index in [1.165, 1.54) is 0 Å². The Labute approximate surface area is 107 Å². The van der Waals surface area contributed by atoms with Gasteiger partial charge in [-0.1, -0.05) is 23.2 Å². The summed E-state index contributed by atoms with van der Waals surface area (Å²) in [4.78, 5) is 7.59. The van der Waals surface area contributed by atoms with Crippen molar-refractivity contribution in [2.24, 2.45) is 7.05 Å². The van der Waals surface area contributed by atoms with Crippen molar-refractivity contribution in [1.82, 2.24) is 19.7 Å². The van der Waals surface area contributed by atoms with E-state index in [0.717, 1.165) is 16.7 Å². The van der Waals surface area contributed by atoms with Gasteiger partial charge in [-0.3, -0.25) is 4.68 Å². The third kappa shape index (κ3) is 1.79. The number of rotatable bonds is 1. The number of nitrogens with zero attached hydrogens (tertiary/aromatic N) is 3. The molecule has 3 rings (SSSR count). The molecule has 0 saturated carbocycles. The van der Waals surface area contributed by atoms with Crippen molar-refractivity contribution in [2.45, 2.75) is 0 Å². The molecule has 1 aromatic carbocycles. The van der Waals surface area contributed by atoms with Crippen LogP contribution in [0.2, 0.25) is 10.0 Å². The summed E-state index contributed by atoms with van der Waals surface area (Å²) in [6.45, 7) is 0. The van der Waals surface area contributed by atoms with Crippen molar-refractivity contribution in [3.63, 3.8) is 0 Å². The van der Waals surface area contributed by atoms with E-state index in [4.69, 9.17) is 23.2 Å². The normalized spacial score (nSPS) is 11.2. The topological polar surface area (TPSA) is 46.5 Å². The van der Waals surface area contributed by atoms with Gasteiger partial charge in [0.15, 0.2) is 5.82 Å². The van der Waals surface area contributed by atoms with E-state index in [0.29, 0.717) is 15.9 Å². The Balaban J connectivity index is 2.19. The molecular weight excluding hydrogens is 259 g/mol. The van der Waals surface area contributed by atoms with Crippen LogP contribution in [0.4, 0.5) is 0 Å². The fraction of sp³-hybridized carbons (Fsp3) is 0.0909. The molecule has 0 radical (unpaired) electrons. The van der Waals surface area contributed by atoms with E-state index in [2.05, 4.69) is 15.1 Å². The average Bonchev–Trinajstić information content (AvgIpc) is 2.85. The van der Waals surface area contributed by atoms with Crippen LogP contribution >= 0.6 is 23.2 Å². The first-order valence-corrected chi connectivity index (χ1v) is 5.74. The van der Waals surface area contributed by atoms with E-state index < -0.39 is 0 Å². The number of H-pyrrole nitrogens is 1. The van der Waals surface area contributed by atoms with Crippen LogP contribution in [0.5, 0.6) is 0 Å². The molecule has 0 spiro atoms. The molecule has 0 fully saturated rings. The fourth-order valence-electron chi connectivity index (χ4n) is 1.67. The van der Waals surface area contributed by atoms with Crippen LogP contribution in [0.15, 0.2) is 24.4 Å². The van der Waals surface area contributed by atoms with Gasteiger partial charge in [-0.25, -0.2) is 4.98 Å². The molecule has 4 nitrogen and oxygen atoms in total. The van der Waals surface area contributed by atoms with Gasteiger partial charge in [0.05, 0.1) is 21.1 Å². The van der Waals surface area contributed by atoms with Crippen LogP contribution in [0.3, 0.4) is 0 Å². The predicted octanol–water partition coefficient (Wildman–Crippen LogP) is 3.27. The van der Waals surface area contributed by atoms with Gasteiger partial charge < -0.3 is 4.98 Å². The maximum Gasteiger partial charge on any atom is 0.159 e. The second-order valence-corrected chi connectivity index (χ2v) is 4.56. The molecule has 17 heavy (non-hydrogen) atoms. The summed E-state index contributed by atoms with van der Waals surface area (Å²) in [5, 5.41) is 5.29. The predicted molar refractivity (Wildman–Crippen MR) is 68.3 cm³/mol. The fourth-order valence-corrected chi connectivity index (χ4v) is 1.99. The molecule has 0 atom stereocenters. The number of hydrogen-bond acceptors (Lipinski definition) is 2. The van der Waals surface area contributed by atoms with Crippen molar-refractivity contribution >= 4 is 34.2 Å². The molecule has 3 aromatic rings. The minimum atomic E-state index is 0.498. The third-order valence-electron chi connectivity index (χ3n) is 2.48. The number of aryl methyl sites for hydroxylation is 1. The summed E-state index contributed by atoms with van der Waals surface area (Å²) in [5.74, 6) is 0.707. The largest absolute Gasteiger partial charge is 0.337 e. The maximum absolute atomic E-state index is 5.95. The van der Waals surface area contributed by atoms with Crippen LogP contribution in [0.25, 0.3) is 22.6 Å². The highest BCUT2D eigenvalue weighted by Gasteiger charge is 2.09. The molecule has 0 bridgehead atoms. The molecule has 2 heterocycles. The van der Waals surface area contributed by atoms with Gasteiger partial charge in [-0.05, 0) is 18.2 Å². The highest BCUT2D eigenvalue weighted by molar-refractivity contribution is 6.42. The summed E-state index contributed by atoms with van der Waals surface area (Å²) in [6.07, 6.45) is 1.86. The first kappa shape index (κ1) is 10.6. The number of benzene rings is 1. The van der Waals surface area contributed by atoms with E-state index in [1.54, 1.807) is 16.8 Å². The van der Waals surface area contributed by atoms with E-state index >= 15 is 0 Å². The Morgan fingerprint density at radius 2 is 2.00 bits per heavy atom. The minimum Gasteiger partial charge on any atom is -0.337 e. The Bertz CT molecular complexity index is 660. The molecular formula is C11H8Cl2N4. The van der Waals surface area contributed by atoms with Crippen molar-refractivity contribution in [2.75, 3.05) is 0 Å². The minimum absolute atomic E-state index is 0.498. The summed E-state index contributed by atoms with van der Waals surface area (Å²) >= 11 is 11.9. The molecule has 2 aromatic heterocycles. The van der Waals surface area contributed by atoms with Crippen LogP contribution in [-0.2, 0) is 7.05 Å². The summed E-state index contributed by atoms with van der Waals surface area (Å²) < 4.78 is 1.72. The van der Waals surface area contributed by atoms with E-state index in [-0.39, 0.29) is 0 Å². The quantitative estimate of drug-likeness (QED) is 0.735. The lowest BCUT2D eigenvalue weighted by atomic mass is 10.3. The van der Waals surface area contributed by atoms with Gasteiger partial charge in [0.1, 0.15) is 5.69 Å². The van der Waals surface area contributed by atoms with Crippen LogP contribution in [-0.4, -0.2) is 19.7 Å². The zero-order valence-corrected chi connectivity index (χ0v) is 10.4. The number of aromatic amines is 1. The summed E-state index contributed by atoms with van der Waals surface area (Å²) in [7, 11) is 1.86. The standard InChI is InChI=1S/C11H8Cl2N4/c1-17-3-2-8(16-17)11-14-9-4-6(12)7(13)5-10(9)15-11/h2-5H,1H3,(H,14,15). The van der Waals surface area contributed by atoms with E-state index in [1.807, 2.05) is 19.3 Å². The number of halogens is 2. The number of hydrogen-bond donors (Lipinski definition) is 1. The Kier molecular flexibility index (Phi) is 2.34. The first-order chi connectivity index (χ1) is 8.13. The highest BCUT2D eigenvalue weighted by atomic mass is 35.5. The Hall–Kier alpha value is -1.52. The number of nitrogens with one attached hydrogen (secondary N) is 1. The van der Waals surface area contributed by atoms with Crippen molar-refractivity contribution < 1.29 is 0 Å². The second-order valence-electron chi connectivity index (χ2n) is 3.74. The number of imidazole rings is 1. The van der Waals surface area contributed by atoms with Crippen LogP contribution < -0.4 is 0 Å². The smallest absolute Gasteiger partial charge is 0.159 e. The van der Waals surface area contributed by atoms with Crippen molar-refractivity contribution in [3.05, 3.63) is 34.4 Å². The van der Waals surface area contributed by atoms with Crippen LogP contribution in [0, 0.1) is 0 Å². The van der Waals surface area contributed by atoms with Gasteiger partial charge in [0, 0.05) is 13.2 Å².